The molecule has 0 radical (unpaired) electrons. The zero-order valence-electron chi connectivity index (χ0n) is 11.7. The van der Waals surface area contributed by atoms with Gasteiger partial charge in [0.1, 0.15) is 0 Å². The summed E-state index contributed by atoms with van der Waals surface area (Å²) >= 11 is 0. The maximum atomic E-state index is 5.90. The van der Waals surface area contributed by atoms with Crippen molar-refractivity contribution < 1.29 is 0 Å². The highest BCUT2D eigenvalue weighted by atomic mass is 15.1. The molecule has 0 aromatic heterocycles. The molecule has 1 heterocycles. The standard InChI is InChI=1S/C15H24N4/c1-2-19-10-8-13(9-11-19)12-17-15(16)18-14-6-4-3-5-7-14/h3-7,13H,2,8-12H2,1H3,(H3,16,17,18). The average Bonchev–Trinajstić information content (AvgIpc) is 2.47. The van der Waals surface area contributed by atoms with E-state index in [0.29, 0.717) is 11.9 Å². The van der Waals surface area contributed by atoms with E-state index >= 15 is 0 Å². The molecule has 0 saturated carbocycles. The minimum Gasteiger partial charge on any atom is -0.370 e. The number of benzene rings is 1. The van der Waals surface area contributed by atoms with Crippen LogP contribution in [0.1, 0.15) is 19.8 Å². The molecule has 2 rings (SSSR count). The summed E-state index contributed by atoms with van der Waals surface area (Å²) in [6, 6.07) is 9.93. The van der Waals surface area contributed by atoms with Crippen LogP contribution in [-0.4, -0.2) is 37.0 Å². The summed E-state index contributed by atoms with van der Waals surface area (Å²) in [6.07, 6.45) is 2.46. The van der Waals surface area contributed by atoms with Gasteiger partial charge in [-0.05, 0) is 50.5 Å². The summed E-state index contributed by atoms with van der Waals surface area (Å²) in [6.45, 7) is 6.61. The van der Waals surface area contributed by atoms with Gasteiger partial charge in [-0.2, -0.15) is 0 Å². The van der Waals surface area contributed by atoms with E-state index < -0.39 is 0 Å². The molecule has 0 bridgehead atoms. The number of nitrogens with zero attached hydrogens (tertiary/aromatic N) is 2. The Bertz CT molecular complexity index is 394. The molecule has 0 atom stereocenters. The highest BCUT2D eigenvalue weighted by molar-refractivity contribution is 5.92. The number of nitrogens with one attached hydrogen (secondary N) is 1. The van der Waals surface area contributed by atoms with Gasteiger partial charge in [0, 0.05) is 12.2 Å². The van der Waals surface area contributed by atoms with Gasteiger partial charge in [-0.15, -0.1) is 0 Å². The predicted octanol–water partition coefficient (Wildman–Crippen LogP) is 2.15. The molecule has 0 spiro atoms. The molecule has 4 nitrogen and oxygen atoms in total. The van der Waals surface area contributed by atoms with Crippen LogP contribution in [-0.2, 0) is 0 Å². The van der Waals surface area contributed by atoms with E-state index in [9.17, 15) is 0 Å². The molecular weight excluding hydrogens is 236 g/mol. The lowest BCUT2D eigenvalue weighted by Gasteiger charge is -2.30. The van der Waals surface area contributed by atoms with Gasteiger partial charge >= 0.3 is 0 Å². The molecule has 1 fully saturated rings. The van der Waals surface area contributed by atoms with Gasteiger partial charge in [-0.25, -0.2) is 0 Å². The lowest BCUT2D eigenvalue weighted by Crippen LogP contribution is -2.34. The van der Waals surface area contributed by atoms with Crippen molar-refractivity contribution >= 4 is 11.6 Å². The van der Waals surface area contributed by atoms with Crippen molar-refractivity contribution in [2.45, 2.75) is 19.8 Å². The fourth-order valence-corrected chi connectivity index (χ4v) is 2.42. The SMILES string of the molecule is CCN1CCC(CN=C(N)Nc2ccccc2)CC1. The van der Waals surface area contributed by atoms with E-state index in [4.69, 9.17) is 5.73 Å². The van der Waals surface area contributed by atoms with Crippen LogP contribution in [0.15, 0.2) is 35.3 Å². The Morgan fingerprint density at radius 3 is 2.63 bits per heavy atom. The molecule has 19 heavy (non-hydrogen) atoms. The third kappa shape index (κ3) is 4.56. The topological polar surface area (TPSA) is 53.6 Å². The van der Waals surface area contributed by atoms with E-state index in [0.717, 1.165) is 18.8 Å². The quantitative estimate of drug-likeness (QED) is 0.644. The fraction of sp³-hybridized carbons (Fsp3) is 0.533. The van der Waals surface area contributed by atoms with Crippen LogP contribution in [0.25, 0.3) is 0 Å². The molecule has 1 saturated heterocycles. The summed E-state index contributed by atoms with van der Waals surface area (Å²) < 4.78 is 0. The largest absolute Gasteiger partial charge is 0.370 e. The van der Waals surface area contributed by atoms with Crippen molar-refractivity contribution in [1.82, 2.24) is 4.90 Å². The van der Waals surface area contributed by atoms with Gasteiger partial charge in [-0.1, -0.05) is 25.1 Å². The Morgan fingerprint density at radius 2 is 2.00 bits per heavy atom. The first kappa shape index (κ1) is 13.9. The second-order valence-electron chi connectivity index (χ2n) is 5.09. The fourth-order valence-electron chi connectivity index (χ4n) is 2.42. The van der Waals surface area contributed by atoms with E-state index in [2.05, 4.69) is 22.1 Å². The molecular formula is C15H24N4. The first-order chi connectivity index (χ1) is 9.28. The lowest BCUT2D eigenvalue weighted by atomic mass is 9.97. The molecule has 0 unspecified atom stereocenters. The number of aliphatic imine (C=N–C) groups is 1. The Hall–Kier alpha value is -1.55. The number of nitrogens with two attached hydrogens (primary N) is 1. The second-order valence-corrected chi connectivity index (χ2v) is 5.09. The molecule has 1 aromatic carbocycles. The van der Waals surface area contributed by atoms with Gasteiger partial charge in [0.2, 0.25) is 0 Å². The number of likely N-dealkylation sites (tertiary alicyclic amines) is 1. The molecule has 1 aliphatic rings. The lowest BCUT2D eigenvalue weighted by molar-refractivity contribution is 0.196. The first-order valence-electron chi connectivity index (χ1n) is 7.12. The Labute approximate surface area is 115 Å². The molecule has 1 aliphatic heterocycles. The van der Waals surface area contributed by atoms with Gasteiger partial charge < -0.3 is 16.0 Å². The molecule has 4 heteroatoms. The van der Waals surface area contributed by atoms with Gasteiger partial charge in [0.25, 0.3) is 0 Å². The van der Waals surface area contributed by atoms with Crippen LogP contribution in [0.3, 0.4) is 0 Å². The monoisotopic (exact) mass is 260 g/mol. The average molecular weight is 260 g/mol. The van der Waals surface area contributed by atoms with Crippen molar-refractivity contribution in [3.05, 3.63) is 30.3 Å². The van der Waals surface area contributed by atoms with E-state index in [1.165, 1.54) is 25.9 Å². The summed E-state index contributed by atoms with van der Waals surface area (Å²) in [7, 11) is 0. The van der Waals surface area contributed by atoms with Crippen LogP contribution >= 0.6 is 0 Å². The van der Waals surface area contributed by atoms with Crippen LogP contribution < -0.4 is 11.1 Å². The Balaban J connectivity index is 1.76. The number of hydrogen-bond donors (Lipinski definition) is 2. The minimum absolute atomic E-state index is 0.518. The smallest absolute Gasteiger partial charge is 0.193 e. The normalized spacial score (nSPS) is 18.5. The Kier molecular flexibility index (Phi) is 5.21. The highest BCUT2D eigenvalue weighted by Gasteiger charge is 2.17. The minimum atomic E-state index is 0.518. The van der Waals surface area contributed by atoms with Gasteiger partial charge in [0.05, 0.1) is 0 Å². The third-order valence-corrected chi connectivity index (χ3v) is 3.72. The van der Waals surface area contributed by atoms with Crippen LogP contribution in [0.2, 0.25) is 0 Å². The molecule has 3 N–H and O–H groups in total. The predicted molar refractivity (Wildman–Crippen MR) is 81.4 cm³/mol. The van der Waals surface area contributed by atoms with E-state index in [1.807, 2.05) is 30.3 Å². The summed E-state index contributed by atoms with van der Waals surface area (Å²) in [4.78, 5) is 6.95. The molecule has 1 aromatic rings. The van der Waals surface area contributed by atoms with Crippen LogP contribution in [0.4, 0.5) is 5.69 Å². The van der Waals surface area contributed by atoms with Gasteiger partial charge in [-0.3, -0.25) is 4.99 Å². The molecule has 0 aliphatic carbocycles. The first-order valence-corrected chi connectivity index (χ1v) is 7.12. The summed E-state index contributed by atoms with van der Waals surface area (Å²) in [5.74, 6) is 1.20. The zero-order chi connectivity index (χ0) is 13.5. The van der Waals surface area contributed by atoms with Crippen molar-refractivity contribution in [2.75, 3.05) is 31.5 Å². The van der Waals surface area contributed by atoms with Crippen molar-refractivity contribution in [2.24, 2.45) is 16.6 Å². The number of para-hydroxylation sites is 1. The molecule has 0 amide bonds. The highest BCUT2D eigenvalue weighted by Crippen LogP contribution is 2.17. The third-order valence-electron chi connectivity index (χ3n) is 3.72. The van der Waals surface area contributed by atoms with Crippen molar-refractivity contribution in [1.29, 1.82) is 0 Å². The van der Waals surface area contributed by atoms with Crippen molar-refractivity contribution in [3.8, 4) is 0 Å². The van der Waals surface area contributed by atoms with Crippen LogP contribution in [0, 0.1) is 5.92 Å². The second kappa shape index (κ2) is 7.14. The van der Waals surface area contributed by atoms with Gasteiger partial charge in [0.15, 0.2) is 5.96 Å². The maximum absolute atomic E-state index is 5.90. The summed E-state index contributed by atoms with van der Waals surface area (Å²) in [5.41, 5.74) is 6.90. The number of guanidine groups is 1. The molecule has 104 valence electrons. The number of hydrogen-bond acceptors (Lipinski definition) is 2. The van der Waals surface area contributed by atoms with Crippen molar-refractivity contribution in [3.63, 3.8) is 0 Å². The van der Waals surface area contributed by atoms with E-state index in [-0.39, 0.29) is 0 Å². The zero-order valence-corrected chi connectivity index (χ0v) is 11.7. The maximum Gasteiger partial charge on any atom is 0.193 e. The van der Waals surface area contributed by atoms with E-state index in [1.54, 1.807) is 0 Å². The van der Waals surface area contributed by atoms with Crippen LogP contribution in [0.5, 0.6) is 0 Å². The summed E-state index contributed by atoms with van der Waals surface area (Å²) in [5, 5.41) is 3.12. The number of anilines is 1. The number of rotatable bonds is 4. The number of piperidine rings is 1. The Morgan fingerprint density at radius 1 is 1.32 bits per heavy atom.